The molecule has 210 valence electrons. The SMILES string of the molecule is CCOc1cc(N(C)CCN(C)C)c(NC(C)=O)cc1Nc1cc(Nc2ccccc2-c2ccn(C)n2)ncn1. The van der Waals surface area contributed by atoms with Gasteiger partial charge in [0.05, 0.1) is 29.4 Å². The predicted octanol–water partition coefficient (Wildman–Crippen LogP) is 4.72. The minimum absolute atomic E-state index is 0.155. The third-order valence-corrected chi connectivity index (χ3v) is 6.11. The minimum Gasteiger partial charge on any atom is -0.492 e. The largest absolute Gasteiger partial charge is 0.492 e. The lowest BCUT2D eigenvalue weighted by Gasteiger charge is -2.26. The molecule has 0 fully saturated rings. The first-order valence-corrected chi connectivity index (χ1v) is 13.1. The minimum atomic E-state index is -0.155. The first-order chi connectivity index (χ1) is 19.2. The number of amides is 1. The molecule has 40 heavy (non-hydrogen) atoms. The molecular formula is C29H37N9O2. The van der Waals surface area contributed by atoms with E-state index in [1.807, 2.05) is 89.8 Å². The molecule has 3 N–H and O–H groups in total. The fraction of sp³-hybridized carbons (Fsp3) is 0.310. The topological polar surface area (TPSA) is 112 Å². The van der Waals surface area contributed by atoms with Gasteiger partial charge in [0.15, 0.2) is 0 Å². The number of carbonyl (C=O) groups is 1. The molecule has 4 rings (SSSR count). The number of carbonyl (C=O) groups excluding carboxylic acids is 1. The van der Waals surface area contributed by atoms with Gasteiger partial charge in [0.2, 0.25) is 5.91 Å². The normalized spacial score (nSPS) is 10.9. The molecule has 0 spiro atoms. The molecule has 2 aromatic carbocycles. The van der Waals surface area contributed by atoms with E-state index < -0.39 is 0 Å². The van der Waals surface area contributed by atoms with Gasteiger partial charge in [-0.3, -0.25) is 9.48 Å². The van der Waals surface area contributed by atoms with Gasteiger partial charge >= 0.3 is 0 Å². The lowest BCUT2D eigenvalue weighted by molar-refractivity contribution is -0.114. The molecule has 11 nitrogen and oxygen atoms in total. The van der Waals surface area contributed by atoms with E-state index in [1.165, 1.54) is 13.3 Å². The fourth-order valence-electron chi connectivity index (χ4n) is 4.16. The Bertz CT molecular complexity index is 1450. The number of hydrogen-bond donors (Lipinski definition) is 3. The molecule has 0 saturated carbocycles. The summed E-state index contributed by atoms with van der Waals surface area (Å²) in [7, 11) is 7.95. The summed E-state index contributed by atoms with van der Waals surface area (Å²) in [6.07, 6.45) is 3.40. The van der Waals surface area contributed by atoms with Crippen molar-refractivity contribution < 1.29 is 9.53 Å². The number of hydrogen-bond acceptors (Lipinski definition) is 9. The van der Waals surface area contributed by atoms with Gasteiger partial charge < -0.3 is 30.5 Å². The summed E-state index contributed by atoms with van der Waals surface area (Å²) >= 11 is 0. The highest BCUT2D eigenvalue weighted by atomic mass is 16.5. The van der Waals surface area contributed by atoms with Crippen molar-refractivity contribution in [2.45, 2.75) is 13.8 Å². The summed E-state index contributed by atoms with van der Waals surface area (Å²) < 4.78 is 7.77. The zero-order chi connectivity index (χ0) is 28.6. The number of benzene rings is 2. The number of ether oxygens (including phenoxy) is 1. The van der Waals surface area contributed by atoms with E-state index in [0.717, 1.165) is 35.7 Å². The maximum absolute atomic E-state index is 12.1. The number of anilines is 6. The van der Waals surface area contributed by atoms with Crippen LogP contribution in [0.2, 0.25) is 0 Å². The van der Waals surface area contributed by atoms with Crippen LogP contribution in [0, 0.1) is 0 Å². The molecule has 2 aromatic heterocycles. The Kier molecular flexibility index (Phi) is 9.18. The number of likely N-dealkylation sites (N-methyl/N-ethyl adjacent to an activating group) is 2. The fourth-order valence-corrected chi connectivity index (χ4v) is 4.16. The lowest BCUT2D eigenvalue weighted by Crippen LogP contribution is -2.29. The number of rotatable bonds is 12. The molecular weight excluding hydrogens is 506 g/mol. The summed E-state index contributed by atoms with van der Waals surface area (Å²) in [4.78, 5) is 25.1. The second-order valence-corrected chi connectivity index (χ2v) is 9.66. The first kappa shape index (κ1) is 28.4. The van der Waals surface area contributed by atoms with Crippen LogP contribution in [-0.2, 0) is 11.8 Å². The van der Waals surface area contributed by atoms with E-state index in [-0.39, 0.29) is 5.91 Å². The highest BCUT2D eigenvalue weighted by molar-refractivity contribution is 5.95. The van der Waals surface area contributed by atoms with Gasteiger partial charge in [-0.2, -0.15) is 5.10 Å². The summed E-state index contributed by atoms with van der Waals surface area (Å²) in [5.74, 6) is 1.67. The van der Waals surface area contributed by atoms with Gasteiger partial charge in [-0.1, -0.05) is 18.2 Å². The average Bonchev–Trinajstić information content (AvgIpc) is 3.35. The van der Waals surface area contributed by atoms with E-state index in [0.29, 0.717) is 35.4 Å². The van der Waals surface area contributed by atoms with Crippen LogP contribution in [0.5, 0.6) is 5.75 Å². The van der Waals surface area contributed by atoms with Gasteiger partial charge in [-0.05, 0) is 39.2 Å². The van der Waals surface area contributed by atoms with E-state index in [4.69, 9.17) is 4.74 Å². The Morgan fingerprint density at radius 2 is 1.68 bits per heavy atom. The van der Waals surface area contributed by atoms with Crippen molar-refractivity contribution in [3.63, 3.8) is 0 Å². The lowest BCUT2D eigenvalue weighted by atomic mass is 10.1. The average molecular weight is 544 g/mol. The van der Waals surface area contributed by atoms with Crippen molar-refractivity contribution in [1.29, 1.82) is 0 Å². The van der Waals surface area contributed by atoms with Gasteiger partial charge in [0.1, 0.15) is 23.7 Å². The molecule has 0 aliphatic rings. The van der Waals surface area contributed by atoms with Crippen LogP contribution in [0.4, 0.5) is 34.4 Å². The monoisotopic (exact) mass is 543 g/mol. The molecule has 11 heteroatoms. The van der Waals surface area contributed by atoms with Crippen LogP contribution in [0.15, 0.2) is 61.1 Å². The van der Waals surface area contributed by atoms with Crippen LogP contribution in [0.1, 0.15) is 13.8 Å². The molecule has 4 aromatic rings. The summed E-state index contributed by atoms with van der Waals surface area (Å²) in [5, 5.41) is 14.2. The van der Waals surface area contributed by atoms with Crippen LogP contribution in [0.25, 0.3) is 11.3 Å². The third-order valence-electron chi connectivity index (χ3n) is 6.11. The molecule has 0 radical (unpaired) electrons. The number of nitrogens with zero attached hydrogens (tertiary/aromatic N) is 6. The molecule has 0 aliphatic heterocycles. The Morgan fingerprint density at radius 3 is 2.33 bits per heavy atom. The zero-order valence-corrected chi connectivity index (χ0v) is 23.9. The van der Waals surface area contributed by atoms with Crippen molar-refractivity contribution in [2.24, 2.45) is 7.05 Å². The summed E-state index contributed by atoms with van der Waals surface area (Å²) in [5.41, 5.74) is 4.91. The summed E-state index contributed by atoms with van der Waals surface area (Å²) in [6.45, 7) is 5.56. The Balaban J connectivity index is 1.63. The van der Waals surface area contributed by atoms with Gasteiger partial charge in [-0.15, -0.1) is 0 Å². The van der Waals surface area contributed by atoms with E-state index >= 15 is 0 Å². The van der Waals surface area contributed by atoms with Crippen LogP contribution >= 0.6 is 0 Å². The first-order valence-electron chi connectivity index (χ1n) is 13.1. The quantitative estimate of drug-likeness (QED) is 0.234. The zero-order valence-electron chi connectivity index (χ0n) is 23.9. The van der Waals surface area contributed by atoms with E-state index in [1.54, 1.807) is 4.68 Å². The highest BCUT2D eigenvalue weighted by Crippen LogP contribution is 2.38. The third kappa shape index (κ3) is 7.26. The van der Waals surface area contributed by atoms with E-state index in [2.05, 4.69) is 40.8 Å². The Hall–Kier alpha value is -4.64. The maximum Gasteiger partial charge on any atom is 0.221 e. The number of nitrogens with one attached hydrogen (secondary N) is 3. The van der Waals surface area contributed by atoms with Crippen LogP contribution < -0.4 is 25.6 Å². The summed E-state index contributed by atoms with van der Waals surface area (Å²) in [6, 6.07) is 15.5. The molecule has 2 heterocycles. The van der Waals surface area contributed by atoms with Crippen molar-refractivity contribution in [1.82, 2.24) is 24.6 Å². The van der Waals surface area contributed by atoms with E-state index in [9.17, 15) is 4.79 Å². The molecule has 0 aliphatic carbocycles. The Morgan fingerprint density at radius 1 is 0.950 bits per heavy atom. The van der Waals surface area contributed by atoms with Crippen LogP contribution in [-0.4, -0.2) is 71.4 Å². The number of para-hydroxylation sites is 1. The molecule has 0 bridgehead atoms. The molecule has 0 unspecified atom stereocenters. The second-order valence-electron chi connectivity index (χ2n) is 9.66. The smallest absolute Gasteiger partial charge is 0.221 e. The Labute approximate surface area is 235 Å². The van der Waals surface area contributed by atoms with Crippen molar-refractivity contribution in [3.05, 3.63) is 61.1 Å². The predicted molar refractivity (Wildman–Crippen MR) is 161 cm³/mol. The highest BCUT2D eigenvalue weighted by Gasteiger charge is 2.17. The molecule has 1 amide bonds. The van der Waals surface area contributed by atoms with Crippen molar-refractivity contribution in [3.8, 4) is 17.0 Å². The van der Waals surface area contributed by atoms with Crippen molar-refractivity contribution in [2.75, 3.05) is 61.7 Å². The molecule has 0 saturated heterocycles. The molecule has 0 atom stereocenters. The van der Waals surface area contributed by atoms with Gasteiger partial charge in [-0.25, -0.2) is 9.97 Å². The maximum atomic E-state index is 12.1. The number of aryl methyl sites for hydroxylation is 1. The number of aromatic nitrogens is 4. The van der Waals surface area contributed by atoms with Gasteiger partial charge in [0.25, 0.3) is 0 Å². The van der Waals surface area contributed by atoms with Gasteiger partial charge in [0, 0.05) is 63.7 Å². The van der Waals surface area contributed by atoms with Crippen LogP contribution in [0.3, 0.4) is 0 Å². The standard InChI is InChI=1S/C29H37N9O2/c1-7-40-27-17-26(37(5)15-14-36(3)4)24(32-20(2)39)16-25(27)34-29-18-28(30-19-31-29)33-22-11-9-8-10-21(22)23-12-13-38(6)35-23/h8-13,16-19H,7,14-15H2,1-6H3,(H,32,39)(H2,30,31,33,34). The second kappa shape index (κ2) is 12.9. The van der Waals surface area contributed by atoms with Crippen molar-refractivity contribution >= 4 is 40.3 Å².